The highest BCUT2D eigenvalue weighted by atomic mass is 16.4. The van der Waals surface area contributed by atoms with Crippen molar-refractivity contribution in [2.24, 2.45) is 5.92 Å². The van der Waals surface area contributed by atoms with Crippen molar-refractivity contribution in [2.75, 3.05) is 32.7 Å². The number of carbonyl (C=O) groups is 1. The van der Waals surface area contributed by atoms with Crippen molar-refractivity contribution < 1.29 is 15.0 Å². The van der Waals surface area contributed by atoms with E-state index in [9.17, 15) is 9.90 Å². The summed E-state index contributed by atoms with van der Waals surface area (Å²) in [6.07, 6.45) is 2.57. The SMILES string of the molecule is CC(CNCC(C)(O)C(=O)O)CN1CCCC1. The van der Waals surface area contributed by atoms with Crippen LogP contribution in [0.15, 0.2) is 0 Å². The lowest BCUT2D eigenvalue weighted by molar-refractivity contribution is -0.156. The summed E-state index contributed by atoms with van der Waals surface area (Å²) in [4.78, 5) is 13.1. The predicted octanol–water partition coefficient (Wildman–Crippen LogP) is 0.144. The van der Waals surface area contributed by atoms with E-state index >= 15 is 0 Å². The molecule has 3 N–H and O–H groups in total. The van der Waals surface area contributed by atoms with Gasteiger partial charge >= 0.3 is 5.97 Å². The first kappa shape index (κ1) is 14.4. The Morgan fingerprint density at radius 3 is 2.59 bits per heavy atom. The maximum Gasteiger partial charge on any atom is 0.336 e. The number of aliphatic hydroxyl groups is 1. The summed E-state index contributed by atoms with van der Waals surface area (Å²) in [5.41, 5.74) is -1.67. The average molecular weight is 244 g/mol. The van der Waals surface area contributed by atoms with E-state index in [4.69, 9.17) is 5.11 Å². The fraction of sp³-hybridized carbons (Fsp3) is 0.917. The third-order valence-corrected chi connectivity index (χ3v) is 3.19. The van der Waals surface area contributed by atoms with Gasteiger partial charge < -0.3 is 20.4 Å². The normalized spacial score (nSPS) is 22.3. The Labute approximate surface area is 103 Å². The number of hydrogen-bond acceptors (Lipinski definition) is 4. The maximum absolute atomic E-state index is 10.7. The summed E-state index contributed by atoms with van der Waals surface area (Å²) < 4.78 is 0. The smallest absolute Gasteiger partial charge is 0.336 e. The van der Waals surface area contributed by atoms with Crippen LogP contribution in [0.4, 0.5) is 0 Å². The van der Waals surface area contributed by atoms with E-state index < -0.39 is 11.6 Å². The van der Waals surface area contributed by atoms with E-state index in [2.05, 4.69) is 17.1 Å². The molecule has 5 heteroatoms. The molecule has 1 heterocycles. The Morgan fingerprint density at radius 2 is 2.06 bits per heavy atom. The van der Waals surface area contributed by atoms with Crippen molar-refractivity contribution in [1.29, 1.82) is 0 Å². The molecule has 2 unspecified atom stereocenters. The van der Waals surface area contributed by atoms with Crippen molar-refractivity contribution in [3.8, 4) is 0 Å². The van der Waals surface area contributed by atoms with Crippen LogP contribution in [0.1, 0.15) is 26.7 Å². The van der Waals surface area contributed by atoms with Crippen molar-refractivity contribution in [3.05, 3.63) is 0 Å². The van der Waals surface area contributed by atoms with E-state index in [1.165, 1.54) is 32.9 Å². The summed E-state index contributed by atoms with van der Waals surface area (Å²) in [7, 11) is 0. The lowest BCUT2D eigenvalue weighted by Gasteiger charge is -2.23. The highest BCUT2D eigenvalue weighted by Crippen LogP contribution is 2.10. The number of likely N-dealkylation sites (tertiary alicyclic amines) is 1. The van der Waals surface area contributed by atoms with Crippen molar-refractivity contribution >= 4 is 5.97 Å². The zero-order chi connectivity index (χ0) is 12.9. The molecule has 100 valence electrons. The monoisotopic (exact) mass is 244 g/mol. The fourth-order valence-electron chi connectivity index (χ4n) is 2.11. The third kappa shape index (κ3) is 5.02. The van der Waals surface area contributed by atoms with E-state index in [-0.39, 0.29) is 6.54 Å². The molecule has 0 amide bonds. The van der Waals surface area contributed by atoms with Gasteiger partial charge in [-0.1, -0.05) is 6.92 Å². The molecule has 0 saturated carbocycles. The zero-order valence-corrected chi connectivity index (χ0v) is 10.8. The van der Waals surface area contributed by atoms with Crippen molar-refractivity contribution in [1.82, 2.24) is 10.2 Å². The Balaban J connectivity index is 2.15. The largest absolute Gasteiger partial charge is 0.479 e. The van der Waals surface area contributed by atoms with Gasteiger partial charge in [0.1, 0.15) is 0 Å². The molecular formula is C12H24N2O3. The number of nitrogens with one attached hydrogen (secondary N) is 1. The first-order valence-electron chi connectivity index (χ1n) is 6.30. The minimum atomic E-state index is -1.67. The first-order chi connectivity index (χ1) is 7.92. The highest BCUT2D eigenvalue weighted by molar-refractivity contribution is 5.76. The number of aliphatic carboxylic acids is 1. The van der Waals surface area contributed by atoms with Gasteiger partial charge in [0.05, 0.1) is 0 Å². The van der Waals surface area contributed by atoms with Crippen LogP contribution in [0.25, 0.3) is 0 Å². The van der Waals surface area contributed by atoms with Crippen LogP contribution in [-0.2, 0) is 4.79 Å². The molecule has 17 heavy (non-hydrogen) atoms. The highest BCUT2D eigenvalue weighted by Gasteiger charge is 2.29. The summed E-state index contributed by atoms with van der Waals surface area (Å²) in [6.45, 7) is 7.68. The first-order valence-corrected chi connectivity index (χ1v) is 6.30. The van der Waals surface area contributed by atoms with Crippen molar-refractivity contribution in [2.45, 2.75) is 32.3 Å². The average Bonchev–Trinajstić information content (AvgIpc) is 2.69. The number of hydrogen-bond donors (Lipinski definition) is 3. The van der Waals surface area contributed by atoms with E-state index in [1.54, 1.807) is 0 Å². The minimum absolute atomic E-state index is 0.0900. The van der Waals surface area contributed by atoms with E-state index in [0.29, 0.717) is 5.92 Å². The van der Waals surface area contributed by atoms with E-state index in [1.807, 2.05) is 0 Å². The second kappa shape index (κ2) is 6.33. The predicted molar refractivity (Wildman–Crippen MR) is 66.0 cm³/mol. The van der Waals surface area contributed by atoms with E-state index in [0.717, 1.165) is 13.1 Å². The minimum Gasteiger partial charge on any atom is -0.479 e. The zero-order valence-electron chi connectivity index (χ0n) is 10.8. The molecule has 1 aliphatic heterocycles. The molecule has 0 aromatic heterocycles. The number of carboxylic acids is 1. The van der Waals surface area contributed by atoms with Crippen LogP contribution in [0, 0.1) is 5.92 Å². The standard InChI is InChI=1S/C12H24N2O3/c1-10(8-14-5-3-4-6-14)7-13-9-12(2,17)11(15)16/h10,13,17H,3-9H2,1-2H3,(H,15,16). The van der Waals surface area contributed by atoms with Gasteiger partial charge in [0, 0.05) is 13.1 Å². The van der Waals surface area contributed by atoms with Crippen LogP contribution < -0.4 is 5.32 Å². The van der Waals surface area contributed by atoms with Crippen molar-refractivity contribution in [3.63, 3.8) is 0 Å². The Bertz CT molecular complexity index is 250. The van der Waals surface area contributed by atoms with Crippen LogP contribution in [0.3, 0.4) is 0 Å². The topological polar surface area (TPSA) is 72.8 Å². The van der Waals surface area contributed by atoms with Crippen LogP contribution in [-0.4, -0.2) is 59.4 Å². The molecule has 1 saturated heterocycles. The molecule has 1 rings (SSSR count). The Kier molecular flexibility index (Phi) is 5.36. The number of nitrogens with zero attached hydrogens (tertiary/aromatic N) is 1. The molecule has 2 atom stereocenters. The van der Waals surface area contributed by atoms with Gasteiger partial charge in [-0.05, 0) is 45.3 Å². The molecule has 0 radical (unpaired) electrons. The summed E-state index contributed by atoms with van der Waals surface area (Å²) >= 11 is 0. The van der Waals surface area contributed by atoms with Gasteiger partial charge in [0.25, 0.3) is 0 Å². The second-order valence-electron chi connectivity index (χ2n) is 5.32. The van der Waals surface area contributed by atoms with Crippen LogP contribution >= 0.6 is 0 Å². The van der Waals surface area contributed by atoms with Crippen LogP contribution in [0.5, 0.6) is 0 Å². The molecule has 1 fully saturated rings. The maximum atomic E-state index is 10.7. The number of carboxylic acid groups (broad SMARTS) is 1. The lowest BCUT2D eigenvalue weighted by atomic mass is 10.1. The lowest BCUT2D eigenvalue weighted by Crippen LogP contribution is -2.46. The van der Waals surface area contributed by atoms with Gasteiger partial charge in [-0.3, -0.25) is 0 Å². The Morgan fingerprint density at radius 1 is 1.47 bits per heavy atom. The quantitative estimate of drug-likeness (QED) is 0.594. The second-order valence-corrected chi connectivity index (χ2v) is 5.32. The van der Waals surface area contributed by atoms with Gasteiger partial charge in [0.15, 0.2) is 5.60 Å². The summed E-state index contributed by atoms with van der Waals surface area (Å²) in [5.74, 6) is -0.713. The fourth-order valence-corrected chi connectivity index (χ4v) is 2.11. The molecular weight excluding hydrogens is 220 g/mol. The molecule has 1 aliphatic rings. The molecule has 5 nitrogen and oxygen atoms in total. The number of rotatable bonds is 7. The molecule has 0 aliphatic carbocycles. The molecule has 0 bridgehead atoms. The molecule has 0 aromatic rings. The van der Waals surface area contributed by atoms with Gasteiger partial charge in [0.2, 0.25) is 0 Å². The summed E-state index contributed by atoms with van der Waals surface area (Å²) in [6, 6.07) is 0. The van der Waals surface area contributed by atoms with Gasteiger partial charge in [-0.15, -0.1) is 0 Å². The van der Waals surface area contributed by atoms with Crippen LogP contribution in [0.2, 0.25) is 0 Å². The van der Waals surface area contributed by atoms with Gasteiger partial charge in [-0.25, -0.2) is 4.79 Å². The Hall–Kier alpha value is -0.650. The van der Waals surface area contributed by atoms with Gasteiger partial charge in [-0.2, -0.15) is 0 Å². The molecule has 0 spiro atoms. The third-order valence-electron chi connectivity index (χ3n) is 3.19. The molecule has 0 aromatic carbocycles. The summed E-state index contributed by atoms with van der Waals surface area (Å²) in [5, 5.41) is 21.3.